The van der Waals surface area contributed by atoms with Gasteiger partial charge in [-0.3, -0.25) is 0 Å². The van der Waals surface area contributed by atoms with E-state index in [1.54, 1.807) is 12.1 Å². The molecule has 176 valence electrons. The number of hydrogen-bond acceptors (Lipinski definition) is 5. The van der Waals surface area contributed by atoms with E-state index in [4.69, 9.17) is 4.74 Å². The molecule has 0 bridgehead atoms. The summed E-state index contributed by atoms with van der Waals surface area (Å²) in [6, 6.07) is 7.26. The van der Waals surface area contributed by atoms with Crippen molar-refractivity contribution in [3.63, 3.8) is 0 Å². The number of hydrogen-bond donors (Lipinski definition) is 1. The Bertz CT molecular complexity index is 978. The van der Waals surface area contributed by atoms with E-state index in [1.807, 2.05) is 6.07 Å². The van der Waals surface area contributed by atoms with Crippen molar-refractivity contribution in [3.05, 3.63) is 41.2 Å². The molecule has 0 unspecified atom stereocenters. The van der Waals surface area contributed by atoms with E-state index >= 15 is 0 Å². The summed E-state index contributed by atoms with van der Waals surface area (Å²) < 4.78 is 19.4. The van der Waals surface area contributed by atoms with Crippen molar-refractivity contribution in [2.75, 3.05) is 38.2 Å². The first-order valence-electron chi connectivity index (χ1n) is 12.9. The van der Waals surface area contributed by atoms with Crippen LogP contribution < -0.4 is 5.32 Å². The van der Waals surface area contributed by atoms with Gasteiger partial charge in [0.2, 0.25) is 0 Å². The number of fused-ring (bicyclic) bond motifs is 2. The fourth-order valence-corrected chi connectivity index (χ4v) is 6.78. The summed E-state index contributed by atoms with van der Waals surface area (Å²) in [7, 11) is 0. The molecule has 3 atom stereocenters. The number of ether oxygens (including phenoxy) is 1. The first-order valence-corrected chi connectivity index (χ1v) is 12.9. The maximum absolute atomic E-state index is 13.8. The van der Waals surface area contributed by atoms with Crippen LogP contribution in [0.4, 0.5) is 10.2 Å². The second kappa shape index (κ2) is 9.30. The molecule has 3 heterocycles. The normalized spacial score (nSPS) is 28.0. The SMILES string of the molecule is Fc1cccc(-c2nnc(N[C@H]3C[C@@H]4CN(CC5CCOCC5)C[C@@H]4C3)c3c2CCCC3)c1. The molecule has 2 aliphatic carbocycles. The summed E-state index contributed by atoms with van der Waals surface area (Å²) in [6.45, 7) is 5.65. The molecule has 0 amide bonds. The molecule has 0 spiro atoms. The summed E-state index contributed by atoms with van der Waals surface area (Å²) in [5.74, 6) is 3.19. The van der Waals surface area contributed by atoms with Gasteiger partial charge in [0.1, 0.15) is 5.82 Å². The van der Waals surface area contributed by atoms with Crippen molar-refractivity contribution in [1.82, 2.24) is 15.1 Å². The van der Waals surface area contributed by atoms with Gasteiger partial charge in [0.25, 0.3) is 0 Å². The maximum atomic E-state index is 13.8. The Hall–Kier alpha value is -2.05. The van der Waals surface area contributed by atoms with E-state index in [1.165, 1.54) is 68.9 Å². The number of nitrogens with zero attached hydrogens (tertiary/aromatic N) is 3. The predicted octanol–water partition coefficient (Wildman–Crippen LogP) is 4.71. The van der Waals surface area contributed by atoms with Crippen LogP contribution in [0.15, 0.2) is 24.3 Å². The minimum Gasteiger partial charge on any atom is -0.381 e. The number of halogens is 1. The lowest BCUT2D eigenvalue weighted by Crippen LogP contribution is -2.32. The zero-order chi connectivity index (χ0) is 22.2. The van der Waals surface area contributed by atoms with Crippen molar-refractivity contribution in [2.45, 2.75) is 57.4 Å². The van der Waals surface area contributed by atoms with Crippen LogP contribution in [-0.2, 0) is 17.6 Å². The lowest BCUT2D eigenvalue weighted by molar-refractivity contribution is 0.0545. The molecule has 2 aromatic rings. The Morgan fingerprint density at radius 3 is 2.52 bits per heavy atom. The van der Waals surface area contributed by atoms with Crippen LogP contribution in [0, 0.1) is 23.6 Å². The minimum absolute atomic E-state index is 0.218. The smallest absolute Gasteiger partial charge is 0.152 e. The molecule has 6 rings (SSSR count). The number of rotatable bonds is 5. The molecule has 1 aromatic heterocycles. The molecule has 1 aromatic carbocycles. The molecular weight excluding hydrogens is 415 g/mol. The number of likely N-dealkylation sites (tertiary alicyclic amines) is 1. The first-order chi connectivity index (χ1) is 16.2. The Balaban J connectivity index is 1.13. The molecule has 3 fully saturated rings. The van der Waals surface area contributed by atoms with Gasteiger partial charge in [0.15, 0.2) is 5.82 Å². The number of benzene rings is 1. The molecule has 1 saturated carbocycles. The van der Waals surface area contributed by atoms with Gasteiger partial charge in [-0.05, 0) is 86.8 Å². The Morgan fingerprint density at radius 1 is 1.00 bits per heavy atom. The molecule has 0 radical (unpaired) electrons. The van der Waals surface area contributed by atoms with Crippen molar-refractivity contribution in [3.8, 4) is 11.3 Å². The summed E-state index contributed by atoms with van der Waals surface area (Å²) in [5.41, 5.74) is 4.29. The second-order valence-electron chi connectivity index (χ2n) is 10.7. The first kappa shape index (κ1) is 21.5. The van der Waals surface area contributed by atoms with E-state index in [-0.39, 0.29) is 5.82 Å². The summed E-state index contributed by atoms with van der Waals surface area (Å²) in [5, 5.41) is 13.0. The largest absolute Gasteiger partial charge is 0.381 e. The van der Waals surface area contributed by atoms with Crippen molar-refractivity contribution in [2.24, 2.45) is 17.8 Å². The molecule has 5 nitrogen and oxygen atoms in total. The van der Waals surface area contributed by atoms with Gasteiger partial charge in [0.05, 0.1) is 5.69 Å². The fraction of sp³-hybridized carbons (Fsp3) is 0.630. The highest BCUT2D eigenvalue weighted by Crippen LogP contribution is 2.41. The van der Waals surface area contributed by atoms with Gasteiger partial charge in [-0.15, -0.1) is 10.2 Å². The van der Waals surface area contributed by atoms with Crippen molar-refractivity contribution >= 4 is 5.82 Å². The van der Waals surface area contributed by atoms with E-state index in [0.717, 1.165) is 67.3 Å². The van der Waals surface area contributed by atoms with E-state index < -0.39 is 0 Å². The van der Waals surface area contributed by atoms with Crippen LogP contribution in [0.25, 0.3) is 11.3 Å². The van der Waals surface area contributed by atoms with E-state index in [2.05, 4.69) is 20.4 Å². The number of nitrogens with one attached hydrogen (secondary N) is 1. The van der Waals surface area contributed by atoms with Gasteiger partial charge in [-0.2, -0.15) is 0 Å². The van der Waals surface area contributed by atoms with Crippen LogP contribution in [0.5, 0.6) is 0 Å². The number of aromatic nitrogens is 2. The molecule has 33 heavy (non-hydrogen) atoms. The Labute approximate surface area is 196 Å². The molecule has 2 aliphatic heterocycles. The number of anilines is 1. The summed E-state index contributed by atoms with van der Waals surface area (Å²) >= 11 is 0. The van der Waals surface area contributed by atoms with Crippen LogP contribution in [-0.4, -0.2) is 54.0 Å². The highest BCUT2D eigenvalue weighted by molar-refractivity contribution is 5.67. The van der Waals surface area contributed by atoms with Crippen molar-refractivity contribution in [1.29, 1.82) is 0 Å². The minimum atomic E-state index is -0.218. The third-order valence-corrected chi connectivity index (χ3v) is 8.41. The third kappa shape index (κ3) is 4.52. The lowest BCUT2D eigenvalue weighted by Gasteiger charge is -2.28. The van der Waals surface area contributed by atoms with Crippen LogP contribution in [0.1, 0.15) is 49.7 Å². The Kier molecular flexibility index (Phi) is 6.05. The third-order valence-electron chi connectivity index (χ3n) is 8.41. The summed E-state index contributed by atoms with van der Waals surface area (Å²) in [6.07, 6.45) is 9.31. The average Bonchev–Trinajstić information content (AvgIpc) is 3.38. The second-order valence-corrected chi connectivity index (χ2v) is 10.7. The Morgan fingerprint density at radius 2 is 1.76 bits per heavy atom. The topological polar surface area (TPSA) is 50.3 Å². The van der Waals surface area contributed by atoms with Crippen LogP contribution in [0.3, 0.4) is 0 Å². The molecule has 4 aliphatic rings. The van der Waals surface area contributed by atoms with Gasteiger partial charge in [0, 0.05) is 50.0 Å². The van der Waals surface area contributed by atoms with Gasteiger partial charge < -0.3 is 15.0 Å². The average molecular weight is 451 g/mol. The van der Waals surface area contributed by atoms with E-state index in [9.17, 15) is 4.39 Å². The molecule has 6 heteroatoms. The standard InChI is InChI=1S/C27H35FN4O/c28-22-5-3-4-19(12-22)26-24-6-1-2-7-25(24)27(31-30-26)29-23-13-20-16-32(17-21(20)14-23)15-18-8-10-33-11-9-18/h3-5,12,18,20-21,23H,1-2,6-11,13-17H2,(H,29,31)/t20-,21+,23+. The highest BCUT2D eigenvalue weighted by atomic mass is 19.1. The monoisotopic (exact) mass is 450 g/mol. The lowest BCUT2D eigenvalue weighted by atomic mass is 9.89. The molecular formula is C27H35FN4O. The zero-order valence-corrected chi connectivity index (χ0v) is 19.4. The quantitative estimate of drug-likeness (QED) is 0.715. The van der Waals surface area contributed by atoms with Crippen LogP contribution >= 0.6 is 0 Å². The zero-order valence-electron chi connectivity index (χ0n) is 19.4. The fourth-order valence-electron chi connectivity index (χ4n) is 6.78. The summed E-state index contributed by atoms with van der Waals surface area (Å²) in [4.78, 5) is 2.72. The highest BCUT2D eigenvalue weighted by Gasteiger charge is 2.41. The maximum Gasteiger partial charge on any atom is 0.152 e. The molecule has 2 saturated heterocycles. The van der Waals surface area contributed by atoms with Gasteiger partial charge in [-0.25, -0.2) is 4.39 Å². The van der Waals surface area contributed by atoms with Gasteiger partial charge in [-0.1, -0.05) is 12.1 Å². The van der Waals surface area contributed by atoms with E-state index in [0.29, 0.717) is 6.04 Å². The molecule has 1 N–H and O–H groups in total. The van der Waals surface area contributed by atoms with Gasteiger partial charge >= 0.3 is 0 Å². The van der Waals surface area contributed by atoms with Crippen molar-refractivity contribution < 1.29 is 9.13 Å². The predicted molar refractivity (Wildman–Crippen MR) is 128 cm³/mol. The van der Waals surface area contributed by atoms with Crippen LogP contribution in [0.2, 0.25) is 0 Å².